The molecule has 0 fully saturated rings. The molecule has 0 spiro atoms. The fourth-order valence-electron chi connectivity index (χ4n) is 2.32. The lowest BCUT2D eigenvalue weighted by atomic mass is 9.87. The van der Waals surface area contributed by atoms with Gasteiger partial charge in [-0.1, -0.05) is 19.9 Å². The number of rotatable bonds is 2. The standard InChI is InChI=1S/C14H20N2O.ClH/c1-9(2)14(17)16-13-5-3-4-10-8-11(15)6-7-12(10)13;/h6-9,13H,3-5,15H2,1-2H3,(H,16,17);1H. The molecular formula is C14H21ClN2O. The zero-order valence-corrected chi connectivity index (χ0v) is 11.7. The van der Waals surface area contributed by atoms with Crippen LogP contribution in [0.2, 0.25) is 0 Å². The summed E-state index contributed by atoms with van der Waals surface area (Å²) in [6, 6.07) is 6.16. The van der Waals surface area contributed by atoms with Crippen LogP contribution in [0.5, 0.6) is 0 Å². The summed E-state index contributed by atoms with van der Waals surface area (Å²) in [7, 11) is 0. The molecule has 1 atom stereocenters. The van der Waals surface area contributed by atoms with E-state index in [0.29, 0.717) is 0 Å². The average molecular weight is 269 g/mol. The summed E-state index contributed by atoms with van der Waals surface area (Å²) in [4.78, 5) is 11.8. The van der Waals surface area contributed by atoms with Crippen molar-refractivity contribution in [3.8, 4) is 0 Å². The Morgan fingerprint density at radius 3 is 2.83 bits per heavy atom. The Hall–Kier alpha value is -1.22. The summed E-state index contributed by atoms with van der Waals surface area (Å²) in [6.07, 6.45) is 3.20. The van der Waals surface area contributed by atoms with Crippen molar-refractivity contribution in [3.05, 3.63) is 29.3 Å². The first-order valence-corrected chi connectivity index (χ1v) is 6.26. The lowest BCUT2D eigenvalue weighted by Crippen LogP contribution is -2.33. The van der Waals surface area contributed by atoms with Crippen molar-refractivity contribution in [2.24, 2.45) is 5.92 Å². The van der Waals surface area contributed by atoms with Gasteiger partial charge in [-0.25, -0.2) is 0 Å². The summed E-state index contributed by atoms with van der Waals surface area (Å²) in [5.74, 6) is 0.161. The number of amides is 1. The van der Waals surface area contributed by atoms with Gasteiger partial charge in [-0.2, -0.15) is 0 Å². The van der Waals surface area contributed by atoms with Gasteiger partial charge in [0.05, 0.1) is 6.04 Å². The van der Waals surface area contributed by atoms with Gasteiger partial charge in [-0.3, -0.25) is 4.79 Å². The van der Waals surface area contributed by atoms with Crippen LogP contribution in [0, 0.1) is 5.92 Å². The van der Waals surface area contributed by atoms with Crippen molar-refractivity contribution in [2.75, 3.05) is 5.73 Å². The van der Waals surface area contributed by atoms with Gasteiger partial charge in [-0.15, -0.1) is 12.4 Å². The molecule has 100 valence electrons. The predicted octanol–water partition coefficient (Wildman–Crippen LogP) is 2.84. The quantitative estimate of drug-likeness (QED) is 0.811. The molecular weight excluding hydrogens is 248 g/mol. The molecule has 3 N–H and O–H groups in total. The molecule has 1 aromatic rings. The number of halogens is 1. The Labute approximate surface area is 115 Å². The minimum absolute atomic E-state index is 0. The van der Waals surface area contributed by atoms with Crippen LogP contribution >= 0.6 is 12.4 Å². The molecule has 1 aliphatic rings. The molecule has 0 heterocycles. The van der Waals surface area contributed by atoms with Crippen LogP contribution in [0.3, 0.4) is 0 Å². The normalized spacial score (nSPS) is 17.8. The highest BCUT2D eigenvalue weighted by Gasteiger charge is 2.22. The Morgan fingerprint density at radius 1 is 1.44 bits per heavy atom. The maximum absolute atomic E-state index is 11.8. The van der Waals surface area contributed by atoms with Crippen LogP contribution < -0.4 is 11.1 Å². The van der Waals surface area contributed by atoms with E-state index in [-0.39, 0.29) is 30.3 Å². The third-order valence-corrected chi connectivity index (χ3v) is 3.32. The number of carbonyl (C=O) groups is 1. The first-order valence-electron chi connectivity index (χ1n) is 6.26. The Morgan fingerprint density at radius 2 is 2.17 bits per heavy atom. The van der Waals surface area contributed by atoms with E-state index in [1.807, 2.05) is 26.0 Å². The monoisotopic (exact) mass is 268 g/mol. The van der Waals surface area contributed by atoms with Gasteiger partial charge < -0.3 is 11.1 Å². The van der Waals surface area contributed by atoms with Gasteiger partial charge in [0, 0.05) is 11.6 Å². The summed E-state index contributed by atoms with van der Waals surface area (Å²) in [6.45, 7) is 3.84. The summed E-state index contributed by atoms with van der Waals surface area (Å²) < 4.78 is 0. The second-order valence-corrected chi connectivity index (χ2v) is 5.07. The fourth-order valence-corrected chi connectivity index (χ4v) is 2.32. The van der Waals surface area contributed by atoms with Crippen LogP contribution in [-0.2, 0) is 11.2 Å². The molecule has 0 saturated carbocycles. The number of nitrogen functional groups attached to an aromatic ring is 1. The average Bonchev–Trinajstić information content (AvgIpc) is 2.28. The fraction of sp³-hybridized carbons (Fsp3) is 0.500. The molecule has 0 radical (unpaired) electrons. The van der Waals surface area contributed by atoms with E-state index in [9.17, 15) is 4.79 Å². The van der Waals surface area contributed by atoms with Crippen LogP contribution in [0.25, 0.3) is 0 Å². The Kier molecular flexibility index (Phi) is 5.03. The SMILES string of the molecule is CC(C)C(=O)NC1CCCc2cc(N)ccc21.Cl. The van der Waals surface area contributed by atoms with Crippen LogP contribution in [0.4, 0.5) is 5.69 Å². The van der Waals surface area contributed by atoms with E-state index < -0.39 is 0 Å². The van der Waals surface area contributed by atoms with E-state index in [1.54, 1.807) is 0 Å². The van der Waals surface area contributed by atoms with Crippen LogP contribution in [0.1, 0.15) is 43.9 Å². The minimum Gasteiger partial charge on any atom is -0.399 e. The molecule has 1 amide bonds. The van der Waals surface area contributed by atoms with Crippen molar-refractivity contribution in [1.82, 2.24) is 5.32 Å². The van der Waals surface area contributed by atoms with E-state index in [0.717, 1.165) is 24.9 Å². The smallest absolute Gasteiger partial charge is 0.223 e. The van der Waals surface area contributed by atoms with Gasteiger partial charge in [-0.05, 0) is 42.5 Å². The number of nitrogens with two attached hydrogens (primary N) is 1. The molecule has 3 nitrogen and oxygen atoms in total. The van der Waals surface area contributed by atoms with Gasteiger partial charge in [0.1, 0.15) is 0 Å². The third kappa shape index (κ3) is 3.16. The zero-order valence-electron chi connectivity index (χ0n) is 10.9. The highest BCUT2D eigenvalue weighted by Crippen LogP contribution is 2.31. The second-order valence-electron chi connectivity index (χ2n) is 5.07. The first-order chi connectivity index (χ1) is 8.08. The molecule has 1 unspecified atom stereocenters. The lowest BCUT2D eigenvalue weighted by Gasteiger charge is -2.27. The molecule has 1 aromatic carbocycles. The van der Waals surface area contributed by atoms with Crippen LogP contribution in [-0.4, -0.2) is 5.91 Å². The first kappa shape index (κ1) is 14.8. The number of fused-ring (bicyclic) bond motifs is 1. The number of benzene rings is 1. The highest BCUT2D eigenvalue weighted by atomic mass is 35.5. The van der Waals surface area contributed by atoms with Crippen molar-refractivity contribution < 1.29 is 4.79 Å². The minimum atomic E-state index is 0. The maximum atomic E-state index is 11.8. The number of hydrogen-bond acceptors (Lipinski definition) is 2. The number of hydrogen-bond donors (Lipinski definition) is 2. The van der Waals surface area contributed by atoms with E-state index in [1.165, 1.54) is 11.1 Å². The number of anilines is 1. The predicted molar refractivity (Wildman–Crippen MR) is 76.8 cm³/mol. The molecule has 0 bridgehead atoms. The van der Waals surface area contributed by atoms with Gasteiger partial charge in [0.25, 0.3) is 0 Å². The molecule has 4 heteroatoms. The van der Waals surface area contributed by atoms with Crippen molar-refractivity contribution in [2.45, 2.75) is 39.2 Å². The lowest BCUT2D eigenvalue weighted by molar-refractivity contribution is -0.124. The van der Waals surface area contributed by atoms with Crippen molar-refractivity contribution >= 4 is 24.0 Å². The number of nitrogens with one attached hydrogen (secondary N) is 1. The largest absolute Gasteiger partial charge is 0.399 e. The van der Waals surface area contributed by atoms with E-state index in [4.69, 9.17) is 5.73 Å². The van der Waals surface area contributed by atoms with Crippen molar-refractivity contribution in [3.63, 3.8) is 0 Å². The van der Waals surface area contributed by atoms with E-state index in [2.05, 4.69) is 11.4 Å². The van der Waals surface area contributed by atoms with Crippen LogP contribution in [0.15, 0.2) is 18.2 Å². The second kappa shape index (κ2) is 6.10. The van der Waals surface area contributed by atoms with Gasteiger partial charge in [0.2, 0.25) is 5.91 Å². The Balaban J connectivity index is 0.00000162. The third-order valence-electron chi connectivity index (χ3n) is 3.32. The number of carbonyl (C=O) groups excluding carboxylic acids is 1. The Bertz CT molecular complexity index is 432. The molecule has 0 saturated heterocycles. The van der Waals surface area contributed by atoms with E-state index >= 15 is 0 Å². The molecule has 18 heavy (non-hydrogen) atoms. The molecule has 0 aliphatic heterocycles. The maximum Gasteiger partial charge on any atom is 0.223 e. The van der Waals surface area contributed by atoms with Gasteiger partial charge in [0.15, 0.2) is 0 Å². The zero-order chi connectivity index (χ0) is 12.4. The summed E-state index contributed by atoms with van der Waals surface area (Å²) in [5.41, 5.74) is 9.11. The van der Waals surface area contributed by atoms with Crippen molar-refractivity contribution in [1.29, 1.82) is 0 Å². The van der Waals surface area contributed by atoms with Gasteiger partial charge >= 0.3 is 0 Å². The highest BCUT2D eigenvalue weighted by molar-refractivity contribution is 5.85. The number of aryl methyl sites for hydroxylation is 1. The topological polar surface area (TPSA) is 55.1 Å². The molecule has 0 aromatic heterocycles. The summed E-state index contributed by atoms with van der Waals surface area (Å²) in [5, 5.41) is 3.11. The molecule has 1 aliphatic carbocycles. The summed E-state index contributed by atoms with van der Waals surface area (Å²) >= 11 is 0. The molecule has 2 rings (SSSR count).